The van der Waals surface area contributed by atoms with Crippen molar-refractivity contribution in [3.8, 4) is 0 Å². The minimum absolute atomic E-state index is 0.705. The fourth-order valence-corrected chi connectivity index (χ4v) is 3.08. The van der Waals surface area contributed by atoms with Gasteiger partial charge in [-0.05, 0) is 60.4 Å². The molecule has 0 atom stereocenters. The van der Waals surface area contributed by atoms with E-state index in [1.165, 1.54) is 11.8 Å². The smallest absolute Gasteiger partial charge is 0.194 e. The van der Waals surface area contributed by atoms with Crippen LogP contribution < -0.4 is 5.32 Å². The molecule has 0 saturated heterocycles. The summed E-state index contributed by atoms with van der Waals surface area (Å²) >= 11 is 5.00. The highest BCUT2D eigenvalue weighted by Crippen LogP contribution is 2.33. The molecule has 0 bridgehead atoms. The van der Waals surface area contributed by atoms with Gasteiger partial charge in [-0.15, -0.1) is 0 Å². The quantitative estimate of drug-likeness (QED) is 0.637. The lowest BCUT2D eigenvalue weighted by Crippen LogP contribution is -2.04. The molecule has 1 N–H and O–H groups in total. The molecular formula is C14H18BrN5S. The SMILES string of the molecule is CCCNc1ncnc(Sc2nc(C)c(C)c(C)n2)c1Br. The van der Waals surface area contributed by atoms with Crippen LogP contribution in [-0.2, 0) is 0 Å². The average molecular weight is 368 g/mol. The molecule has 0 fully saturated rings. The third-order valence-corrected chi connectivity index (χ3v) is 4.98. The third kappa shape index (κ3) is 3.91. The Labute approximate surface area is 137 Å². The fourth-order valence-electron chi connectivity index (χ4n) is 1.67. The van der Waals surface area contributed by atoms with Crippen molar-refractivity contribution in [1.29, 1.82) is 0 Å². The van der Waals surface area contributed by atoms with Gasteiger partial charge >= 0.3 is 0 Å². The Morgan fingerprint density at radius 1 is 1.14 bits per heavy atom. The van der Waals surface area contributed by atoms with Crippen LogP contribution >= 0.6 is 27.7 Å². The lowest BCUT2D eigenvalue weighted by atomic mass is 10.2. The molecule has 0 saturated carbocycles. The molecule has 2 aromatic heterocycles. The van der Waals surface area contributed by atoms with E-state index in [-0.39, 0.29) is 0 Å². The number of rotatable bonds is 5. The Morgan fingerprint density at radius 3 is 2.43 bits per heavy atom. The van der Waals surface area contributed by atoms with E-state index in [1.54, 1.807) is 6.33 Å². The Bertz CT molecular complexity index is 624. The number of anilines is 1. The first-order valence-electron chi connectivity index (χ1n) is 6.77. The normalized spacial score (nSPS) is 10.7. The monoisotopic (exact) mass is 367 g/mol. The van der Waals surface area contributed by atoms with E-state index in [0.29, 0.717) is 5.16 Å². The van der Waals surface area contributed by atoms with Crippen LogP contribution in [0.15, 0.2) is 21.0 Å². The molecule has 0 radical (unpaired) electrons. The fraction of sp³-hybridized carbons (Fsp3) is 0.429. The Kier molecular flexibility index (Phi) is 5.52. The number of aromatic nitrogens is 4. The first-order chi connectivity index (χ1) is 10.0. The number of nitrogens with zero attached hydrogens (tertiary/aromatic N) is 4. The van der Waals surface area contributed by atoms with Gasteiger partial charge in [-0.3, -0.25) is 0 Å². The predicted molar refractivity (Wildman–Crippen MR) is 88.9 cm³/mol. The largest absolute Gasteiger partial charge is 0.369 e. The molecule has 0 spiro atoms. The number of hydrogen-bond acceptors (Lipinski definition) is 6. The highest BCUT2D eigenvalue weighted by molar-refractivity contribution is 9.10. The summed E-state index contributed by atoms with van der Waals surface area (Å²) in [5.74, 6) is 0.801. The third-order valence-electron chi connectivity index (χ3n) is 3.10. The van der Waals surface area contributed by atoms with Gasteiger partial charge in [-0.25, -0.2) is 19.9 Å². The van der Waals surface area contributed by atoms with E-state index in [0.717, 1.165) is 45.2 Å². The molecule has 0 unspecified atom stereocenters. The zero-order valence-corrected chi connectivity index (χ0v) is 15.0. The van der Waals surface area contributed by atoms with Crippen LogP contribution in [0.4, 0.5) is 5.82 Å². The van der Waals surface area contributed by atoms with E-state index in [4.69, 9.17) is 0 Å². The maximum atomic E-state index is 4.51. The Balaban J connectivity index is 2.27. The summed E-state index contributed by atoms with van der Waals surface area (Å²) in [4.78, 5) is 17.6. The summed E-state index contributed by atoms with van der Waals surface area (Å²) in [6.45, 7) is 9.02. The number of nitrogens with one attached hydrogen (secondary N) is 1. The summed E-state index contributed by atoms with van der Waals surface area (Å²) < 4.78 is 0.850. The van der Waals surface area contributed by atoms with Crippen molar-refractivity contribution in [2.75, 3.05) is 11.9 Å². The van der Waals surface area contributed by atoms with Gasteiger partial charge in [-0.2, -0.15) is 0 Å². The first-order valence-corrected chi connectivity index (χ1v) is 8.38. The van der Waals surface area contributed by atoms with Gasteiger partial charge in [0.05, 0.1) is 4.47 Å². The summed E-state index contributed by atoms with van der Waals surface area (Å²) in [6.07, 6.45) is 2.59. The molecule has 5 nitrogen and oxygen atoms in total. The lowest BCUT2D eigenvalue weighted by molar-refractivity contribution is 0.875. The molecule has 0 aliphatic rings. The van der Waals surface area contributed by atoms with E-state index in [9.17, 15) is 0 Å². The zero-order valence-electron chi connectivity index (χ0n) is 12.6. The number of hydrogen-bond donors (Lipinski definition) is 1. The van der Waals surface area contributed by atoms with Crippen LogP contribution in [-0.4, -0.2) is 26.5 Å². The predicted octanol–water partition coefficient (Wildman–Crippen LogP) is 3.93. The van der Waals surface area contributed by atoms with Crippen LogP contribution in [0.5, 0.6) is 0 Å². The van der Waals surface area contributed by atoms with Crippen LogP contribution in [0.3, 0.4) is 0 Å². The van der Waals surface area contributed by atoms with Crippen LogP contribution in [0.25, 0.3) is 0 Å². The Morgan fingerprint density at radius 2 is 1.81 bits per heavy atom. The van der Waals surface area contributed by atoms with Gasteiger partial charge in [0.1, 0.15) is 17.2 Å². The summed E-state index contributed by atoms with van der Waals surface area (Å²) in [5, 5.41) is 4.78. The van der Waals surface area contributed by atoms with Crippen molar-refractivity contribution >= 4 is 33.5 Å². The molecule has 0 aliphatic carbocycles. The van der Waals surface area contributed by atoms with E-state index in [2.05, 4.69) is 48.1 Å². The van der Waals surface area contributed by atoms with Gasteiger partial charge in [-0.1, -0.05) is 6.92 Å². The minimum atomic E-state index is 0.705. The lowest BCUT2D eigenvalue weighted by Gasteiger charge is -2.10. The van der Waals surface area contributed by atoms with E-state index < -0.39 is 0 Å². The highest BCUT2D eigenvalue weighted by Gasteiger charge is 2.13. The molecule has 21 heavy (non-hydrogen) atoms. The molecule has 0 aromatic carbocycles. The first kappa shape index (κ1) is 16.2. The maximum absolute atomic E-state index is 4.51. The summed E-state index contributed by atoms with van der Waals surface area (Å²) in [5.41, 5.74) is 3.13. The second-order valence-electron chi connectivity index (χ2n) is 4.67. The Hall–Kier alpha value is -1.21. The van der Waals surface area contributed by atoms with Crippen LogP contribution in [0.1, 0.15) is 30.3 Å². The second-order valence-corrected chi connectivity index (χ2v) is 6.42. The maximum Gasteiger partial charge on any atom is 0.194 e. The molecule has 7 heteroatoms. The van der Waals surface area contributed by atoms with Crippen molar-refractivity contribution in [2.24, 2.45) is 0 Å². The summed E-state index contributed by atoms with van der Waals surface area (Å²) in [7, 11) is 0. The van der Waals surface area contributed by atoms with E-state index >= 15 is 0 Å². The summed E-state index contributed by atoms with van der Waals surface area (Å²) in [6, 6.07) is 0. The van der Waals surface area contributed by atoms with Crippen molar-refractivity contribution in [1.82, 2.24) is 19.9 Å². The number of halogens is 1. The standard InChI is InChI=1S/C14H18BrN5S/c1-5-6-16-12-11(15)13(18-7-17-12)21-14-19-9(3)8(2)10(4)20-14/h7H,5-6H2,1-4H3,(H,16,17,18). The number of aryl methyl sites for hydroxylation is 2. The topological polar surface area (TPSA) is 63.6 Å². The molecule has 2 rings (SSSR count). The van der Waals surface area contributed by atoms with Crippen molar-refractivity contribution in [3.05, 3.63) is 27.8 Å². The average Bonchev–Trinajstić information content (AvgIpc) is 2.45. The van der Waals surface area contributed by atoms with Gasteiger partial charge in [0, 0.05) is 17.9 Å². The highest BCUT2D eigenvalue weighted by atomic mass is 79.9. The minimum Gasteiger partial charge on any atom is -0.369 e. The van der Waals surface area contributed by atoms with Crippen molar-refractivity contribution in [3.63, 3.8) is 0 Å². The molecular weight excluding hydrogens is 350 g/mol. The molecule has 112 valence electrons. The van der Waals surface area contributed by atoms with Crippen molar-refractivity contribution < 1.29 is 0 Å². The van der Waals surface area contributed by atoms with Gasteiger partial charge < -0.3 is 5.32 Å². The molecule has 2 aromatic rings. The van der Waals surface area contributed by atoms with Crippen LogP contribution in [0.2, 0.25) is 0 Å². The van der Waals surface area contributed by atoms with Gasteiger partial charge in [0.2, 0.25) is 0 Å². The molecule has 0 aliphatic heterocycles. The molecule has 2 heterocycles. The van der Waals surface area contributed by atoms with Crippen molar-refractivity contribution in [2.45, 2.75) is 44.3 Å². The zero-order chi connectivity index (χ0) is 15.4. The van der Waals surface area contributed by atoms with Gasteiger partial charge in [0.25, 0.3) is 0 Å². The van der Waals surface area contributed by atoms with Crippen LogP contribution in [0, 0.1) is 20.8 Å². The van der Waals surface area contributed by atoms with E-state index in [1.807, 2.05) is 20.8 Å². The second kappa shape index (κ2) is 7.17. The van der Waals surface area contributed by atoms with Gasteiger partial charge in [0.15, 0.2) is 5.16 Å². The molecule has 0 amide bonds.